The Morgan fingerprint density at radius 3 is 2.31 bits per heavy atom. The van der Waals surface area contributed by atoms with Crippen molar-refractivity contribution in [3.63, 3.8) is 0 Å². The van der Waals surface area contributed by atoms with Crippen molar-refractivity contribution in [3.05, 3.63) is 65.2 Å². The maximum Gasteiger partial charge on any atom is 0.285 e. The van der Waals surface area contributed by atoms with Crippen LogP contribution in [0.4, 0.5) is 0 Å². The Kier molecular flexibility index (Phi) is 4.03. The van der Waals surface area contributed by atoms with Crippen molar-refractivity contribution in [1.82, 2.24) is 9.80 Å². The van der Waals surface area contributed by atoms with Crippen LogP contribution in [0.25, 0.3) is 0 Å². The Labute approximate surface area is 152 Å². The number of nitrogens with zero attached hydrogens (tertiary/aromatic N) is 3. The predicted molar refractivity (Wildman–Crippen MR) is 98.8 cm³/mol. The Morgan fingerprint density at radius 2 is 1.62 bits per heavy atom. The first-order valence-corrected chi connectivity index (χ1v) is 9.95. The lowest BCUT2D eigenvalue weighted by Gasteiger charge is -2.35. The Morgan fingerprint density at radius 1 is 0.962 bits per heavy atom. The van der Waals surface area contributed by atoms with Gasteiger partial charge in [-0.25, -0.2) is 0 Å². The molecule has 0 saturated carbocycles. The molecule has 0 aliphatic carbocycles. The van der Waals surface area contributed by atoms with E-state index in [1.165, 1.54) is 0 Å². The van der Waals surface area contributed by atoms with Crippen LogP contribution in [-0.4, -0.2) is 56.1 Å². The molecule has 0 atom stereocenters. The SMILES string of the molecule is Cc1ccc(C(=O)N2CCN(C3=NS(=O)(=O)c4ccccc43)CC2)cc1. The lowest BCUT2D eigenvalue weighted by molar-refractivity contribution is 0.0692. The van der Waals surface area contributed by atoms with Crippen molar-refractivity contribution in [2.75, 3.05) is 26.2 Å². The first-order chi connectivity index (χ1) is 12.5. The number of benzene rings is 2. The molecule has 7 heteroatoms. The number of amides is 1. The minimum absolute atomic E-state index is 0.00559. The molecule has 0 radical (unpaired) electrons. The first-order valence-electron chi connectivity index (χ1n) is 8.51. The van der Waals surface area contributed by atoms with Crippen molar-refractivity contribution in [3.8, 4) is 0 Å². The first kappa shape index (κ1) is 16.8. The number of rotatable bonds is 1. The summed E-state index contributed by atoms with van der Waals surface area (Å²) in [4.78, 5) is 16.6. The van der Waals surface area contributed by atoms with Gasteiger partial charge in [0.05, 0.1) is 0 Å². The van der Waals surface area contributed by atoms with Crippen LogP contribution in [0.5, 0.6) is 0 Å². The smallest absolute Gasteiger partial charge is 0.285 e. The standard InChI is InChI=1S/C19H19N3O3S/c1-14-6-8-15(9-7-14)19(23)22-12-10-21(11-13-22)18-16-4-2-3-5-17(16)26(24,25)20-18/h2-9H,10-13H2,1H3. The zero-order chi connectivity index (χ0) is 18.3. The van der Waals surface area contributed by atoms with E-state index in [2.05, 4.69) is 4.40 Å². The van der Waals surface area contributed by atoms with Crippen molar-refractivity contribution >= 4 is 21.8 Å². The number of hydrogen-bond acceptors (Lipinski definition) is 4. The quantitative estimate of drug-likeness (QED) is 0.770. The number of fused-ring (bicyclic) bond motifs is 1. The molecule has 1 amide bonds. The third kappa shape index (κ3) is 2.88. The summed E-state index contributed by atoms with van der Waals surface area (Å²) in [6.45, 7) is 4.17. The van der Waals surface area contributed by atoms with E-state index in [1.54, 1.807) is 23.1 Å². The fraction of sp³-hybridized carbons (Fsp3) is 0.263. The van der Waals surface area contributed by atoms with Gasteiger partial charge in [0.25, 0.3) is 15.9 Å². The maximum atomic E-state index is 12.6. The van der Waals surface area contributed by atoms with Crippen LogP contribution in [0.15, 0.2) is 57.8 Å². The Bertz CT molecular complexity index is 989. The predicted octanol–water partition coefficient (Wildman–Crippen LogP) is 1.90. The molecule has 0 aromatic heterocycles. The molecule has 4 rings (SSSR count). The van der Waals surface area contributed by atoms with E-state index in [0.717, 1.165) is 5.56 Å². The summed E-state index contributed by atoms with van der Waals surface area (Å²) in [7, 11) is -3.62. The van der Waals surface area contributed by atoms with Gasteiger partial charge in [-0.15, -0.1) is 4.40 Å². The van der Waals surface area contributed by atoms with Gasteiger partial charge < -0.3 is 9.80 Å². The summed E-state index contributed by atoms with van der Waals surface area (Å²) >= 11 is 0. The number of piperazine rings is 1. The molecule has 2 aliphatic heterocycles. The molecule has 2 aromatic carbocycles. The van der Waals surface area contributed by atoms with Crippen LogP contribution in [0.3, 0.4) is 0 Å². The second-order valence-corrected chi connectivity index (χ2v) is 8.10. The highest BCUT2D eigenvalue weighted by Gasteiger charge is 2.33. The van der Waals surface area contributed by atoms with Gasteiger partial charge in [0.1, 0.15) is 4.90 Å². The van der Waals surface area contributed by atoms with Gasteiger partial charge in [0.2, 0.25) is 0 Å². The Hall–Kier alpha value is -2.67. The molecule has 26 heavy (non-hydrogen) atoms. The van der Waals surface area contributed by atoms with Gasteiger partial charge in [0.15, 0.2) is 5.84 Å². The van der Waals surface area contributed by atoms with Gasteiger partial charge in [-0.1, -0.05) is 29.8 Å². The molecule has 0 N–H and O–H groups in total. The summed E-state index contributed by atoms with van der Waals surface area (Å²) in [5.41, 5.74) is 2.44. The number of carbonyl (C=O) groups is 1. The van der Waals surface area contributed by atoms with Crippen LogP contribution < -0.4 is 0 Å². The normalized spacial score (nSPS) is 18.4. The van der Waals surface area contributed by atoms with Gasteiger partial charge in [0, 0.05) is 37.3 Å². The highest BCUT2D eigenvalue weighted by Crippen LogP contribution is 2.28. The number of amidine groups is 1. The van der Waals surface area contributed by atoms with Gasteiger partial charge >= 0.3 is 0 Å². The number of carbonyl (C=O) groups excluding carboxylic acids is 1. The summed E-state index contributed by atoms with van der Waals surface area (Å²) in [5, 5.41) is 0. The fourth-order valence-electron chi connectivity index (χ4n) is 3.32. The highest BCUT2D eigenvalue weighted by atomic mass is 32.2. The van der Waals surface area contributed by atoms with Crippen molar-refractivity contribution < 1.29 is 13.2 Å². The van der Waals surface area contributed by atoms with Crippen LogP contribution in [0.1, 0.15) is 21.5 Å². The summed E-state index contributed by atoms with van der Waals surface area (Å²) in [6.07, 6.45) is 0. The third-order valence-corrected chi connectivity index (χ3v) is 6.10. The molecular formula is C19H19N3O3S. The lowest BCUT2D eigenvalue weighted by atomic mass is 10.1. The largest absolute Gasteiger partial charge is 0.352 e. The molecule has 0 spiro atoms. The minimum atomic E-state index is -3.62. The van der Waals surface area contributed by atoms with Gasteiger partial charge in [-0.2, -0.15) is 8.42 Å². The van der Waals surface area contributed by atoms with E-state index in [0.29, 0.717) is 43.1 Å². The summed E-state index contributed by atoms with van der Waals surface area (Å²) in [6, 6.07) is 14.4. The Balaban J connectivity index is 1.49. The average Bonchev–Trinajstić information content (AvgIpc) is 2.94. The molecule has 134 valence electrons. The molecule has 0 bridgehead atoms. The van der Waals surface area contributed by atoms with Crippen LogP contribution in [0.2, 0.25) is 0 Å². The zero-order valence-electron chi connectivity index (χ0n) is 14.4. The highest BCUT2D eigenvalue weighted by molar-refractivity contribution is 7.90. The molecule has 1 fully saturated rings. The van der Waals surface area contributed by atoms with Crippen molar-refractivity contribution in [2.24, 2.45) is 4.40 Å². The average molecular weight is 369 g/mol. The second kappa shape index (κ2) is 6.25. The van der Waals surface area contributed by atoms with Crippen LogP contribution >= 0.6 is 0 Å². The van der Waals surface area contributed by atoms with Gasteiger partial charge in [-0.3, -0.25) is 4.79 Å². The topological polar surface area (TPSA) is 70.1 Å². The van der Waals surface area contributed by atoms with E-state index in [9.17, 15) is 13.2 Å². The van der Waals surface area contributed by atoms with E-state index >= 15 is 0 Å². The van der Waals surface area contributed by atoms with E-state index in [4.69, 9.17) is 0 Å². The molecule has 2 heterocycles. The molecular weight excluding hydrogens is 350 g/mol. The monoisotopic (exact) mass is 369 g/mol. The van der Waals surface area contributed by atoms with Crippen LogP contribution in [0, 0.1) is 6.92 Å². The molecule has 0 unspecified atom stereocenters. The van der Waals surface area contributed by atoms with E-state index < -0.39 is 10.0 Å². The maximum absolute atomic E-state index is 12.6. The van der Waals surface area contributed by atoms with Crippen LogP contribution in [-0.2, 0) is 10.0 Å². The number of aryl methyl sites for hydroxylation is 1. The van der Waals surface area contributed by atoms with Gasteiger partial charge in [-0.05, 0) is 31.2 Å². The van der Waals surface area contributed by atoms with E-state index in [1.807, 2.05) is 42.2 Å². The molecule has 1 saturated heterocycles. The minimum Gasteiger partial charge on any atom is -0.352 e. The zero-order valence-corrected chi connectivity index (χ0v) is 15.2. The molecule has 2 aliphatic rings. The van der Waals surface area contributed by atoms with Crippen molar-refractivity contribution in [1.29, 1.82) is 0 Å². The van der Waals surface area contributed by atoms with E-state index in [-0.39, 0.29) is 10.8 Å². The van der Waals surface area contributed by atoms with Crippen molar-refractivity contribution in [2.45, 2.75) is 11.8 Å². The summed E-state index contributed by atoms with van der Waals surface area (Å²) in [5.74, 6) is 0.495. The third-order valence-electron chi connectivity index (χ3n) is 4.78. The number of sulfonamides is 1. The second-order valence-electron chi connectivity index (χ2n) is 6.53. The molecule has 2 aromatic rings. The lowest BCUT2D eigenvalue weighted by Crippen LogP contribution is -2.50. The molecule has 6 nitrogen and oxygen atoms in total. The fourth-order valence-corrected chi connectivity index (χ4v) is 4.54. The summed E-state index contributed by atoms with van der Waals surface area (Å²) < 4.78 is 28.4. The number of hydrogen-bond donors (Lipinski definition) is 0.